The second kappa shape index (κ2) is 10.6. The number of likely N-dealkylation sites (tertiary alicyclic amines) is 1. The molecule has 2 amide bonds. The fraction of sp³-hybridized carbons (Fsp3) is 0.304. The topological polar surface area (TPSA) is 67.9 Å². The van der Waals surface area contributed by atoms with Crippen molar-refractivity contribution >= 4 is 23.6 Å². The van der Waals surface area contributed by atoms with E-state index in [1.807, 2.05) is 18.2 Å². The summed E-state index contributed by atoms with van der Waals surface area (Å²) < 4.78 is 35.2. The molecule has 3 rings (SSSR count). The standard InChI is InChI=1S/C23H24F2N2O4/c1-30-19-11-5-7-16(21(19)31-23(24)25)12-13-20(28)27-14-6-8-17(15-27)22(29)26-18-9-3-2-4-10-18/h2-5,7,9-13,17,23H,6,8,14-15H2,1H3,(H,26,29)/b13-12+. The van der Waals surface area contributed by atoms with Crippen molar-refractivity contribution in [3.05, 3.63) is 60.2 Å². The van der Waals surface area contributed by atoms with Crippen molar-refractivity contribution in [1.29, 1.82) is 0 Å². The molecule has 0 aromatic heterocycles. The first kappa shape index (κ1) is 22.3. The van der Waals surface area contributed by atoms with Gasteiger partial charge in [-0.2, -0.15) is 8.78 Å². The Kier molecular flexibility index (Phi) is 7.59. The van der Waals surface area contributed by atoms with Crippen molar-refractivity contribution in [2.24, 2.45) is 5.92 Å². The number of anilines is 1. The minimum atomic E-state index is -3.02. The maximum atomic E-state index is 12.8. The van der Waals surface area contributed by atoms with Crippen molar-refractivity contribution in [2.45, 2.75) is 19.5 Å². The van der Waals surface area contributed by atoms with Gasteiger partial charge in [0.05, 0.1) is 13.0 Å². The molecule has 1 heterocycles. The first-order chi connectivity index (χ1) is 15.0. The molecule has 1 aliphatic rings. The number of methoxy groups -OCH3 is 1. The lowest BCUT2D eigenvalue weighted by atomic mass is 9.97. The number of hydrogen-bond acceptors (Lipinski definition) is 4. The molecule has 1 aliphatic heterocycles. The fourth-order valence-electron chi connectivity index (χ4n) is 3.46. The molecule has 1 atom stereocenters. The Morgan fingerprint density at radius 3 is 2.65 bits per heavy atom. The third-order valence-electron chi connectivity index (χ3n) is 4.99. The SMILES string of the molecule is COc1cccc(/C=C/C(=O)N2CCCC(C(=O)Nc3ccccc3)C2)c1OC(F)F. The molecule has 0 radical (unpaired) electrons. The first-order valence-electron chi connectivity index (χ1n) is 9.92. The van der Waals surface area contributed by atoms with Gasteiger partial charge in [0.25, 0.3) is 0 Å². The molecule has 1 N–H and O–H groups in total. The number of alkyl halides is 2. The van der Waals surface area contributed by atoms with E-state index in [1.165, 1.54) is 25.3 Å². The van der Waals surface area contributed by atoms with Gasteiger partial charge < -0.3 is 19.7 Å². The number of hydrogen-bond donors (Lipinski definition) is 1. The Hall–Kier alpha value is -3.42. The highest BCUT2D eigenvalue weighted by atomic mass is 19.3. The van der Waals surface area contributed by atoms with Gasteiger partial charge in [-0.05, 0) is 37.1 Å². The molecule has 1 unspecified atom stereocenters. The average molecular weight is 430 g/mol. The van der Waals surface area contributed by atoms with Crippen molar-refractivity contribution in [3.63, 3.8) is 0 Å². The zero-order chi connectivity index (χ0) is 22.2. The normalized spacial score (nSPS) is 16.4. The molecule has 6 nitrogen and oxygen atoms in total. The fourth-order valence-corrected chi connectivity index (χ4v) is 3.46. The summed E-state index contributed by atoms with van der Waals surface area (Å²) >= 11 is 0. The Labute approximate surface area is 179 Å². The third kappa shape index (κ3) is 6.04. The van der Waals surface area contributed by atoms with E-state index in [4.69, 9.17) is 4.74 Å². The van der Waals surface area contributed by atoms with E-state index >= 15 is 0 Å². The second-order valence-electron chi connectivity index (χ2n) is 7.07. The first-order valence-corrected chi connectivity index (χ1v) is 9.92. The molecule has 164 valence electrons. The molecule has 0 bridgehead atoms. The van der Waals surface area contributed by atoms with E-state index in [2.05, 4.69) is 10.1 Å². The summed E-state index contributed by atoms with van der Waals surface area (Å²) in [5.41, 5.74) is 1.00. The highest BCUT2D eigenvalue weighted by Gasteiger charge is 2.27. The van der Waals surface area contributed by atoms with Crippen LogP contribution in [0.5, 0.6) is 11.5 Å². The summed E-state index contributed by atoms with van der Waals surface area (Å²) in [6, 6.07) is 13.8. The summed E-state index contributed by atoms with van der Waals surface area (Å²) in [5, 5.41) is 2.87. The van der Waals surface area contributed by atoms with E-state index in [0.29, 0.717) is 37.2 Å². The van der Waals surface area contributed by atoms with E-state index in [0.717, 1.165) is 0 Å². The second-order valence-corrected chi connectivity index (χ2v) is 7.07. The van der Waals surface area contributed by atoms with E-state index < -0.39 is 6.61 Å². The number of para-hydroxylation sites is 2. The quantitative estimate of drug-likeness (QED) is 0.669. The zero-order valence-corrected chi connectivity index (χ0v) is 17.1. The number of benzene rings is 2. The predicted octanol–water partition coefficient (Wildman–Crippen LogP) is 4.19. The van der Waals surface area contributed by atoms with Crippen LogP contribution in [0.25, 0.3) is 6.08 Å². The van der Waals surface area contributed by atoms with Crippen LogP contribution in [0, 0.1) is 5.92 Å². The highest BCUT2D eigenvalue weighted by Crippen LogP contribution is 2.33. The molecule has 8 heteroatoms. The Morgan fingerprint density at radius 1 is 1.16 bits per heavy atom. The van der Waals surface area contributed by atoms with Gasteiger partial charge in [-0.3, -0.25) is 9.59 Å². The maximum Gasteiger partial charge on any atom is 0.387 e. The Morgan fingerprint density at radius 2 is 1.94 bits per heavy atom. The van der Waals surface area contributed by atoms with Gasteiger partial charge in [0.1, 0.15) is 0 Å². The lowest BCUT2D eigenvalue weighted by molar-refractivity contribution is -0.130. The minimum Gasteiger partial charge on any atom is -0.493 e. The van der Waals surface area contributed by atoms with Crippen LogP contribution < -0.4 is 14.8 Å². The lowest BCUT2D eigenvalue weighted by Crippen LogP contribution is -2.43. The number of rotatable bonds is 7. The van der Waals surface area contributed by atoms with Crippen LogP contribution in [0.15, 0.2) is 54.6 Å². The van der Waals surface area contributed by atoms with Crippen LogP contribution in [0.3, 0.4) is 0 Å². The van der Waals surface area contributed by atoms with Crippen LogP contribution in [0.4, 0.5) is 14.5 Å². The van der Waals surface area contributed by atoms with E-state index in [9.17, 15) is 18.4 Å². The summed E-state index contributed by atoms with van der Waals surface area (Å²) in [5.74, 6) is -0.745. The molecular weight excluding hydrogens is 406 g/mol. The number of ether oxygens (including phenoxy) is 2. The number of nitrogens with one attached hydrogen (secondary N) is 1. The molecule has 1 saturated heterocycles. The maximum absolute atomic E-state index is 12.8. The van der Waals surface area contributed by atoms with Crippen molar-refractivity contribution in [3.8, 4) is 11.5 Å². The van der Waals surface area contributed by atoms with Crippen molar-refractivity contribution < 1.29 is 27.8 Å². The van der Waals surface area contributed by atoms with Gasteiger partial charge in [-0.15, -0.1) is 0 Å². The molecule has 2 aromatic carbocycles. The van der Waals surface area contributed by atoms with Crippen LogP contribution >= 0.6 is 0 Å². The number of halogens is 2. The monoisotopic (exact) mass is 430 g/mol. The average Bonchev–Trinajstić information content (AvgIpc) is 2.78. The largest absolute Gasteiger partial charge is 0.493 e. The number of amides is 2. The van der Waals surface area contributed by atoms with Gasteiger partial charge in [0.15, 0.2) is 11.5 Å². The Bertz CT molecular complexity index is 934. The van der Waals surface area contributed by atoms with Crippen LogP contribution in [0.2, 0.25) is 0 Å². The van der Waals surface area contributed by atoms with Gasteiger partial charge in [-0.25, -0.2) is 0 Å². The number of carbonyl (C=O) groups excluding carboxylic acids is 2. The summed E-state index contributed by atoms with van der Waals surface area (Å²) in [6.07, 6.45) is 4.10. The number of nitrogens with zero attached hydrogens (tertiary/aromatic N) is 1. The third-order valence-corrected chi connectivity index (χ3v) is 4.99. The van der Waals surface area contributed by atoms with Crippen LogP contribution in [-0.2, 0) is 9.59 Å². The van der Waals surface area contributed by atoms with Gasteiger partial charge in [0.2, 0.25) is 11.8 Å². The van der Waals surface area contributed by atoms with Gasteiger partial charge in [-0.1, -0.05) is 30.3 Å². The number of piperidine rings is 1. The smallest absolute Gasteiger partial charge is 0.387 e. The summed E-state index contributed by atoms with van der Waals surface area (Å²) in [6.45, 7) is -2.21. The van der Waals surface area contributed by atoms with Crippen LogP contribution in [-0.4, -0.2) is 43.5 Å². The molecule has 31 heavy (non-hydrogen) atoms. The van der Waals surface area contributed by atoms with Crippen molar-refractivity contribution in [1.82, 2.24) is 4.90 Å². The zero-order valence-electron chi connectivity index (χ0n) is 17.1. The molecule has 0 aliphatic carbocycles. The molecule has 0 saturated carbocycles. The highest BCUT2D eigenvalue weighted by molar-refractivity contribution is 5.95. The van der Waals surface area contributed by atoms with E-state index in [-0.39, 0.29) is 29.2 Å². The lowest BCUT2D eigenvalue weighted by Gasteiger charge is -2.31. The van der Waals surface area contributed by atoms with Gasteiger partial charge >= 0.3 is 6.61 Å². The van der Waals surface area contributed by atoms with Gasteiger partial charge in [0, 0.05) is 30.4 Å². The van der Waals surface area contributed by atoms with Crippen LogP contribution in [0.1, 0.15) is 18.4 Å². The number of carbonyl (C=O) groups is 2. The molecule has 1 fully saturated rings. The van der Waals surface area contributed by atoms with Crippen molar-refractivity contribution in [2.75, 3.05) is 25.5 Å². The Balaban J connectivity index is 1.66. The van der Waals surface area contributed by atoms with E-state index in [1.54, 1.807) is 29.2 Å². The summed E-state index contributed by atoms with van der Waals surface area (Å²) in [4.78, 5) is 26.8. The summed E-state index contributed by atoms with van der Waals surface area (Å²) in [7, 11) is 1.35. The molecule has 2 aromatic rings. The molecular formula is C23H24F2N2O4. The molecule has 0 spiro atoms. The minimum absolute atomic E-state index is 0.131. The predicted molar refractivity (Wildman–Crippen MR) is 113 cm³/mol.